The lowest BCUT2D eigenvalue weighted by Gasteiger charge is -2.31. The van der Waals surface area contributed by atoms with Crippen molar-refractivity contribution in [2.45, 2.75) is 25.7 Å². The summed E-state index contributed by atoms with van der Waals surface area (Å²) in [4.78, 5) is 22.2. The van der Waals surface area contributed by atoms with Gasteiger partial charge in [-0.05, 0) is 67.6 Å². The molecule has 28 heavy (non-hydrogen) atoms. The number of rotatable bonds is 6. The molecule has 1 N–H and O–H groups in total. The SMILES string of the molecule is CCOc1ccc(OCC(=O)N2CCC(c3c[nH]c4cccnc34)CC2)cc1. The molecular weight excluding hydrogens is 354 g/mol. The predicted octanol–water partition coefficient (Wildman–Crippen LogP) is 3.75. The van der Waals surface area contributed by atoms with Crippen LogP contribution in [0.15, 0.2) is 48.8 Å². The maximum absolute atomic E-state index is 12.5. The number of H-pyrrole nitrogens is 1. The van der Waals surface area contributed by atoms with Crippen LogP contribution in [0, 0.1) is 0 Å². The number of aromatic nitrogens is 2. The van der Waals surface area contributed by atoms with Crippen molar-refractivity contribution in [2.24, 2.45) is 0 Å². The monoisotopic (exact) mass is 379 g/mol. The number of carbonyl (C=O) groups is 1. The Labute approximate surface area is 164 Å². The van der Waals surface area contributed by atoms with Gasteiger partial charge in [-0.15, -0.1) is 0 Å². The Bertz CT molecular complexity index is 928. The minimum Gasteiger partial charge on any atom is -0.494 e. The number of nitrogens with zero attached hydrogens (tertiary/aromatic N) is 2. The van der Waals surface area contributed by atoms with Gasteiger partial charge in [0, 0.05) is 25.5 Å². The van der Waals surface area contributed by atoms with Gasteiger partial charge in [0.05, 0.1) is 17.6 Å². The third-order valence-corrected chi connectivity index (χ3v) is 5.25. The molecule has 2 aromatic heterocycles. The van der Waals surface area contributed by atoms with Crippen molar-refractivity contribution in [1.82, 2.24) is 14.9 Å². The number of nitrogens with one attached hydrogen (secondary N) is 1. The fourth-order valence-corrected chi connectivity index (χ4v) is 3.76. The molecule has 0 aliphatic carbocycles. The second-order valence-corrected chi connectivity index (χ2v) is 6.99. The van der Waals surface area contributed by atoms with Crippen LogP contribution in [-0.4, -0.2) is 47.1 Å². The molecule has 3 heterocycles. The van der Waals surface area contributed by atoms with Gasteiger partial charge in [0.15, 0.2) is 6.61 Å². The molecule has 0 saturated carbocycles. The third kappa shape index (κ3) is 3.96. The van der Waals surface area contributed by atoms with Gasteiger partial charge in [-0.25, -0.2) is 0 Å². The molecule has 6 nitrogen and oxygen atoms in total. The van der Waals surface area contributed by atoms with Gasteiger partial charge >= 0.3 is 0 Å². The first kappa shape index (κ1) is 18.3. The second-order valence-electron chi connectivity index (χ2n) is 6.99. The van der Waals surface area contributed by atoms with Crippen LogP contribution in [-0.2, 0) is 4.79 Å². The second kappa shape index (κ2) is 8.33. The average molecular weight is 379 g/mol. The van der Waals surface area contributed by atoms with Crippen LogP contribution < -0.4 is 9.47 Å². The van der Waals surface area contributed by atoms with Gasteiger partial charge in [0.1, 0.15) is 11.5 Å². The third-order valence-electron chi connectivity index (χ3n) is 5.25. The molecule has 0 atom stereocenters. The Morgan fingerprint density at radius 1 is 1.14 bits per heavy atom. The van der Waals surface area contributed by atoms with E-state index in [1.54, 1.807) is 0 Å². The summed E-state index contributed by atoms with van der Waals surface area (Å²) >= 11 is 0. The Hall–Kier alpha value is -3.02. The van der Waals surface area contributed by atoms with Crippen molar-refractivity contribution in [3.05, 3.63) is 54.4 Å². The molecule has 3 aromatic rings. The summed E-state index contributed by atoms with van der Waals surface area (Å²) in [6.45, 7) is 4.13. The lowest BCUT2D eigenvalue weighted by atomic mass is 9.90. The number of hydrogen-bond acceptors (Lipinski definition) is 4. The van der Waals surface area contributed by atoms with Crippen LogP contribution in [0.1, 0.15) is 31.2 Å². The summed E-state index contributed by atoms with van der Waals surface area (Å²) < 4.78 is 11.1. The lowest BCUT2D eigenvalue weighted by Crippen LogP contribution is -2.40. The van der Waals surface area contributed by atoms with Crippen LogP contribution in [0.2, 0.25) is 0 Å². The molecule has 146 valence electrons. The topological polar surface area (TPSA) is 67.5 Å². The number of pyridine rings is 1. The lowest BCUT2D eigenvalue weighted by molar-refractivity contribution is -0.134. The highest BCUT2D eigenvalue weighted by atomic mass is 16.5. The Morgan fingerprint density at radius 2 is 1.86 bits per heavy atom. The standard InChI is InChI=1S/C22H25N3O3/c1-2-27-17-5-7-18(8-6-17)28-15-21(26)25-12-9-16(10-13-25)19-14-24-20-4-3-11-23-22(19)20/h3-8,11,14,16,24H,2,9-10,12-13,15H2,1H3. The maximum atomic E-state index is 12.5. The highest BCUT2D eigenvalue weighted by molar-refractivity contribution is 5.80. The zero-order valence-corrected chi connectivity index (χ0v) is 16.1. The van der Waals surface area contributed by atoms with Crippen LogP contribution in [0.3, 0.4) is 0 Å². The van der Waals surface area contributed by atoms with E-state index in [-0.39, 0.29) is 12.5 Å². The molecule has 0 bridgehead atoms. The first-order valence-corrected chi connectivity index (χ1v) is 9.80. The predicted molar refractivity (Wildman–Crippen MR) is 108 cm³/mol. The van der Waals surface area contributed by atoms with Crippen molar-refractivity contribution >= 4 is 16.9 Å². The molecular formula is C22H25N3O3. The molecule has 1 aliphatic rings. The molecule has 0 unspecified atom stereocenters. The van der Waals surface area contributed by atoms with E-state index in [1.807, 2.05) is 54.4 Å². The van der Waals surface area contributed by atoms with Gasteiger partial charge in [-0.2, -0.15) is 0 Å². The maximum Gasteiger partial charge on any atom is 0.260 e. The van der Waals surface area contributed by atoms with Crippen molar-refractivity contribution in [2.75, 3.05) is 26.3 Å². The number of likely N-dealkylation sites (tertiary alicyclic amines) is 1. The number of piperidine rings is 1. The number of benzene rings is 1. The molecule has 1 aromatic carbocycles. The van der Waals surface area contributed by atoms with Crippen molar-refractivity contribution in [1.29, 1.82) is 0 Å². The van der Waals surface area contributed by atoms with E-state index in [0.717, 1.165) is 42.7 Å². The van der Waals surface area contributed by atoms with Crippen molar-refractivity contribution in [3.63, 3.8) is 0 Å². The quantitative estimate of drug-likeness (QED) is 0.708. The molecule has 0 spiro atoms. The zero-order chi connectivity index (χ0) is 19.3. The van der Waals surface area contributed by atoms with Gasteiger partial charge in [-0.3, -0.25) is 9.78 Å². The summed E-state index contributed by atoms with van der Waals surface area (Å²) in [5, 5.41) is 0. The number of aromatic amines is 1. The molecule has 1 fully saturated rings. The summed E-state index contributed by atoms with van der Waals surface area (Å²) in [6, 6.07) is 11.3. The van der Waals surface area contributed by atoms with E-state index < -0.39 is 0 Å². The highest BCUT2D eigenvalue weighted by Crippen LogP contribution is 2.32. The first-order chi connectivity index (χ1) is 13.7. The molecule has 6 heteroatoms. The normalized spacial score (nSPS) is 15.0. The van der Waals surface area contributed by atoms with Gasteiger partial charge in [-0.1, -0.05) is 0 Å². The molecule has 1 aliphatic heterocycles. The summed E-state index contributed by atoms with van der Waals surface area (Å²) in [7, 11) is 0. The van der Waals surface area contributed by atoms with Crippen molar-refractivity contribution < 1.29 is 14.3 Å². The fourth-order valence-electron chi connectivity index (χ4n) is 3.76. The van der Waals surface area contributed by atoms with Crippen LogP contribution in [0.5, 0.6) is 11.5 Å². The van der Waals surface area contributed by atoms with Gasteiger partial charge in [0.2, 0.25) is 0 Å². The smallest absolute Gasteiger partial charge is 0.260 e. The van der Waals surface area contributed by atoms with Crippen LogP contribution in [0.4, 0.5) is 0 Å². The van der Waals surface area contributed by atoms with E-state index in [1.165, 1.54) is 5.56 Å². The zero-order valence-electron chi connectivity index (χ0n) is 16.1. The van der Waals surface area contributed by atoms with Gasteiger partial charge in [0.25, 0.3) is 5.91 Å². The highest BCUT2D eigenvalue weighted by Gasteiger charge is 2.26. The molecule has 0 radical (unpaired) electrons. The number of fused-ring (bicyclic) bond motifs is 1. The van der Waals surface area contributed by atoms with E-state index in [0.29, 0.717) is 18.3 Å². The Morgan fingerprint density at radius 3 is 2.57 bits per heavy atom. The largest absolute Gasteiger partial charge is 0.494 e. The van der Waals surface area contributed by atoms with E-state index in [4.69, 9.17) is 9.47 Å². The minimum atomic E-state index is 0.0318. The number of ether oxygens (including phenoxy) is 2. The summed E-state index contributed by atoms with van der Waals surface area (Å²) in [5.74, 6) is 1.94. The summed E-state index contributed by atoms with van der Waals surface area (Å²) in [6.07, 6.45) is 5.78. The number of carbonyl (C=O) groups excluding carboxylic acids is 1. The minimum absolute atomic E-state index is 0.0318. The fraction of sp³-hybridized carbons (Fsp3) is 0.364. The number of hydrogen-bond donors (Lipinski definition) is 1. The molecule has 4 rings (SSSR count). The van der Waals surface area contributed by atoms with Crippen LogP contribution in [0.25, 0.3) is 11.0 Å². The summed E-state index contributed by atoms with van der Waals surface area (Å²) in [5.41, 5.74) is 3.37. The number of amides is 1. The van der Waals surface area contributed by atoms with Gasteiger partial charge < -0.3 is 19.4 Å². The Kier molecular flexibility index (Phi) is 5.46. The molecule has 1 saturated heterocycles. The first-order valence-electron chi connectivity index (χ1n) is 9.80. The van der Waals surface area contributed by atoms with E-state index in [9.17, 15) is 4.79 Å². The Balaban J connectivity index is 1.29. The van der Waals surface area contributed by atoms with E-state index in [2.05, 4.69) is 16.2 Å². The average Bonchev–Trinajstić information content (AvgIpc) is 3.17. The molecule has 1 amide bonds. The van der Waals surface area contributed by atoms with Crippen molar-refractivity contribution in [3.8, 4) is 11.5 Å². The van der Waals surface area contributed by atoms with Crippen LogP contribution >= 0.6 is 0 Å². The van der Waals surface area contributed by atoms with E-state index >= 15 is 0 Å².